The van der Waals surface area contributed by atoms with E-state index in [1.807, 2.05) is 0 Å². The van der Waals surface area contributed by atoms with Crippen LogP contribution in [0.2, 0.25) is 5.02 Å². The van der Waals surface area contributed by atoms with Gasteiger partial charge in [0, 0.05) is 17.7 Å². The molecule has 8 nitrogen and oxygen atoms in total. The quantitative estimate of drug-likeness (QED) is 0.553. The molecule has 0 saturated heterocycles. The van der Waals surface area contributed by atoms with Crippen LogP contribution in [-0.2, 0) is 4.79 Å². The molecule has 33 heavy (non-hydrogen) atoms. The summed E-state index contributed by atoms with van der Waals surface area (Å²) in [5, 5.41) is 19.5. The summed E-state index contributed by atoms with van der Waals surface area (Å²) in [6, 6.07) is 4.70. The van der Waals surface area contributed by atoms with E-state index < -0.39 is 46.9 Å². The van der Waals surface area contributed by atoms with Gasteiger partial charge in [-0.05, 0) is 44.2 Å². The van der Waals surface area contributed by atoms with E-state index in [4.69, 9.17) is 20.9 Å². The fourth-order valence-corrected chi connectivity index (χ4v) is 4.61. The summed E-state index contributed by atoms with van der Waals surface area (Å²) >= 11 is 5.62. The van der Waals surface area contributed by atoms with E-state index in [2.05, 4.69) is 15.8 Å². The zero-order chi connectivity index (χ0) is 23.8. The monoisotopic (exact) mass is 487 g/mol. The Morgan fingerprint density at radius 1 is 1.24 bits per heavy atom. The molecule has 12 heteroatoms. The van der Waals surface area contributed by atoms with Crippen LogP contribution in [0.4, 0.5) is 13.2 Å². The molecule has 2 bridgehead atoms. The molecular formula is C21H21ClF3N3O5. The highest BCUT2D eigenvalue weighted by Gasteiger charge is 2.55. The maximum Gasteiger partial charge on any atom is 0.290 e. The van der Waals surface area contributed by atoms with E-state index in [0.717, 1.165) is 12.1 Å². The molecule has 1 atom stereocenters. The average molecular weight is 488 g/mol. The number of fused-ring (bicyclic) bond motifs is 3. The van der Waals surface area contributed by atoms with Gasteiger partial charge in [0.05, 0.1) is 16.7 Å². The highest BCUT2D eigenvalue weighted by Crippen LogP contribution is 2.47. The molecule has 3 saturated carbocycles. The molecule has 1 heterocycles. The lowest BCUT2D eigenvalue weighted by atomic mass is 9.60. The number of hydrogen-bond donors (Lipinski definition) is 3. The van der Waals surface area contributed by atoms with Crippen LogP contribution >= 0.6 is 11.6 Å². The Morgan fingerprint density at radius 3 is 2.58 bits per heavy atom. The summed E-state index contributed by atoms with van der Waals surface area (Å²) in [5.41, 5.74) is -2.26. The number of carbonyl (C=O) groups is 2. The van der Waals surface area contributed by atoms with E-state index in [1.54, 1.807) is 0 Å². The third kappa shape index (κ3) is 4.79. The number of ether oxygens (including phenoxy) is 1. The lowest BCUT2D eigenvalue weighted by Crippen LogP contribution is -2.70. The number of alkyl halides is 2. The van der Waals surface area contributed by atoms with Gasteiger partial charge in [0.15, 0.2) is 12.3 Å². The van der Waals surface area contributed by atoms with Crippen LogP contribution in [-0.4, -0.2) is 45.9 Å². The van der Waals surface area contributed by atoms with Crippen molar-refractivity contribution < 1.29 is 37.1 Å². The minimum absolute atomic E-state index is 0.0634. The van der Waals surface area contributed by atoms with Gasteiger partial charge in [0.25, 0.3) is 18.2 Å². The number of benzene rings is 1. The molecule has 1 aromatic heterocycles. The maximum absolute atomic E-state index is 13.5. The predicted octanol–water partition coefficient (Wildman–Crippen LogP) is 3.15. The smallest absolute Gasteiger partial charge is 0.290 e. The Balaban J connectivity index is 1.34. The highest BCUT2D eigenvalue weighted by molar-refractivity contribution is 6.30. The molecule has 5 rings (SSSR count). The summed E-state index contributed by atoms with van der Waals surface area (Å²) in [7, 11) is 0. The van der Waals surface area contributed by atoms with E-state index in [1.165, 1.54) is 12.1 Å². The SMILES string of the molecule is O=C(COc1ccc(Cl)c(F)c1)NC12CCC(NC(=O)c3cc(C(F)F)no3)(CC1)C[C@@H]2O. The predicted molar refractivity (Wildman–Crippen MR) is 109 cm³/mol. The molecule has 0 radical (unpaired) electrons. The molecule has 178 valence electrons. The molecule has 3 fully saturated rings. The van der Waals surface area contributed by atoms with Gasteiger partial charge >= 0.3 is 0 Å². The van der Waals surface area contributed by atoms with Crippen molar-refractivity contribution in [2.24, 2.45) is 0 Å². The lowest BCUT2D eigenvalue weighted by molar-refractivity contribution is -0.132. The van der Waals surface area contributed by atoms with Gasteiger partial charge in [-0.1, -0.05) is 16.8 Å². The van der Waals surface area contributed by atoms with Crippen LogP contribution in [0.25, 0.3) is 0 Å². The van der Waals surface area contributed by atoms with Gasteiger partial charge < -0.3 is 25.0 Å². The summed E-state index contributed by atoms with van der Waals surface area (Å²) in [4.78, 5) is 24.9. The van der Waals surface area contributed by atoms with Gasteiger partial charge in [0.2, 0.25) is 5.76 Å². The van der Waals surface area contributed by atoms with Gasteiger partial charge in [-0.15, -0.1) is 0 Å². The van der Waals surface area contributed by atoms with Crippen molar-refractivity contribution in [3.05, 3.63) is 46.6 Å². The number of halogens is 4. The highest BCUT2D eigenvalue weighted by atomic mass is 35.5. The number of carbonyl (C=O) groups excluding carboxylic acids is 2. The zero-order valence-electron chi connectivity index (χ0n) is 17.2. The molecule has 3 aliphatic carbocycles. The molecule has 2 amide bonds. The molecule has 3 N–H and O–H groups in total. The Morgan fingerprint density at radius 2 is 1.97 bits per heavy atom. The largest absolute Gasteiger partial charge is 0.484 e. The molecule has 0 unspecified atom stereocenters. The van der Waals surface area contributed by atoms with Gasteiger partial charge in [0.1, 0.15) is 11.6 Å². The Labute approximate surface area is 191 Å². The average Bonchev–Trinajstić information content (AvgIpc) is 3.27. The second-order valence-electron chi connectivity index (χ2n) is 8.44. The standard InChI is InChI=1S/C21H21ClF3N3O5/c22-12-2-1-11(7-13(12)23)32-10-17(30)26-21-5-3-20(4-6-21,9-16(21)29)27-19(31)15-8-14(18(24)25)28-33-15/h1-2,7-8,16,18,29H,3-6,9-10H2,(H,26,30)(H,27,31)/t16-,20?,21?/m0/s1. The fourth-order valence-electron chi connectivity index (χ4n) is 4.49. The van der Waals surface area contributed by atoms with Crippen molar-refractivity contribution in [2.75, 3.05) is 6.61 Å². The van der Waals surface area contributed by atoms with Crippen molar-refractivity contribution in [1.29, 1.82) is 0 Å². The number of aliphatic hydroxyl groups excluding tert-OH is 1. The van der Waals surface area contributed by atoms with E-state index >= 15 is 0 Å². The van der Waals surface area contributed by atoms with Crippen LogP contribution in [0, 0.1) is 5.82 Å². The lowest BCUT2D eigenvalue weighted by Gasteiger charge is -2.56. The Hall–Kier alpha value is -2.79. The Bertz CT molecular complexity index is 1060. The number of rotatable bonds is 7. The first kappa shape index (κ1) is 23.4. The number of hydrogen-bond acceptors (Lipinski definition) is 6. The topological polar surface area (TPSA) is 114 Å². The maximum atomic E-state index is 13.5. The first-order chi connectivity index (χ1) is 15.6. The molecule has 0 spiro atoms. The minimum Gasteiger partial charge on any atom is -0.484 e. The first-order valence-electron chi connectivity index (χ1n) is 10.3. The second-order valence-corrected chi connectivity index (χ2v) is 8.85. The second kappa shape index (κ2) is 8.86. The molecule has 2 aromatic rings. The first-order valence-corrected chi connectivity index (χ1v) is 10.6. The summed E-state index contributed by atoms with van der Waals surface area (Å²) in [6.45, 7) is -0.380. The third-order valence-corrected chi connectivity index (χ3v) is 6.63. The summed E-state index contributed by atoms with van der Waals surface area (Å²) in [6.07, 6.45) is -1.97. The molecular weight excluding hydrogens is 467 g/mol. The number of aromatic nitrogens is 1. The minimum atomic E-state index is -2.86. The number of nitrogens with zero attached hydrogens (tertiary/aromatic N) is 1. The van der Waals surface area contributed by atoms with E-state index in [0.29, 0.717) is 25.7 Å². The van der Waals surface area contributed by atoms with E-state index in [9.17, 15) is 27.9 Å². The van der Waals surface area contributed by atoms with Crippen LogP contribution in [0.15, 0.2) is 28.8 Å². The fraction of sp³-hybridized carbons (Fsp3) is 0.476. The van der Waals surface area contributed by atoms with Crippen LogP contribution in [0.1, 0.15) is 54.8 Å². The number of nitrogens with one attached hydrogen (secondary N) is 2. The van der Waals surface area contributed by atoms with Crippen molar-refractivity contribution in [2.45, 2.75) is 55.7 Å². The van der Waals surface area contributed by atoms with Crippen LogP contribution in [0.3, 0.4) is 0 Å². The van der Waals surface area contributed by atoms with Crippen LogP contribution in [0.5, 0.6) is 5.75 Å². The van der Waals surface area contributed by atoms with Gasteiger partial charge in [-0.25, -0.2) is 13.2 Å². The van der Waals surface area contributed by atoms with Crippen molar-refractivity contribution in [3.8, 4) is 5.75 Å². The molecule has 0 aliphatic heterocycles. The summed E-state index contributed by atoms with van der Waals surface area (Å²) in [5.74, 6) is -2.04. The third-order valence-electron chi connectivity index (χ3n) is 6.33. The van der Waals surface area contributed by atoms with Gasteiger partial charge in [-0.3, -0.25) is 9.59 Å². The van der Waals surface area contributed by atoms with E-state index in [-0.39, 0.29) is 29.6 Å². The summed E-state index contributed by atoms with van der Waals surface area (Å²) < 4.78 is 48.9. The van der Waals surface area contributed by atoms with Crippen molar-refractivity contribution in [3.63, 3.8) is 0 Å². The molecule has 3 aliphatic rings. The molecule has 1 aromatic carbocycles. The number of aliphatic hydroxyl groups is 1. The van der Waals surface area contributed by atoms with Gasteiger partial charge in [-0.2, -0.15) is 0 Å². The Kier molecular flexibility index (Phi) is 6.28. The number of amides is 2. The van der Waals surface area contributed by atoms with Crippen LogP contribution < -0.4 is 15.4 Å². The van der Waals surface area contributed by atoms with Crippen molar-refractivity contribution >= 4 is 23.4 Å². The van der Waals surface area contributed by atoms with Crippen molar-refractivity contribution in [1.82, 2.24) is 15.8 Å². The normalized spacial score (nSPS) is 26.3. The zero-order valence-corrected chi connectivity index (χ0v) is 18.0.